The molecule has 3 N–H and O–H groups in total. The highest BCUT2D eigenvalue weighted by Gasteiger charge is 2.45. The third-order valence-corrected chi connectivity index (χ3v) is 6.94. The van der Waals surface area contributed by atoms with Crippen LogP contribution in [0.5, 0.6) is 0 Å². The van der Waals surface area contributed by atoms with Gasteiger partial charge in [0.1, 0.15) is 0 Å². The Morgan fingerprint density at radius 1 is 1.26 bits per heavy atom. The van der Waals surface area contributed by atoms with Crippen LogP contribution in [-0.4, -0.2) is 44.4 Å². The van der Waals surface area contributed by atoms with Gasteiger partial charge in [0.15, 0.2) is 0 Å². The molecule has 1 amide bonds. The van der Waals surface area contributed by atoms with Crippen LogP contribution in [0.25, 0.3) is 10.9 Å². The standard InChI is InChI=1S/C22H30N2O3/c1-22(14-25,12-17-13-23-19-8-3-2-7-18(17)19)24(21(26)27)20-10-9-15-5-4-6-16(20)11-15/h2-3,7-8,13,15-16,20,23,25H,4-6,9-12,14H2,1H3,(H,26,27). The minimum Gasteiger partial charge on any atom is -0.465 e. The number of benzene rings is 1. The topological polar surface area (TPSA) is 76.6 Å². The van der Waals surface area contributed by atoms with Crippen LogP contribution in [0.1, 0.15) is 51.0 Å². The van der Waals surface area contributed by atoms with Gasteiger partial charge in [0.25, 0.3) is 0 Å². The van der Waals surface area contributed by atoms with Gasteiger partial charge in [-0.2, -0.15) is 0 Å². The van der Waals surface area contributed by atoms with Crippen molar-refractivity contribution in [2.75, 3.05) is 6.61 Å². The summed E-state index contributed by atoms with van der Waals surface area (Å²) in [6.07, 6.45) is 8.34. The van der Waals surface area contributed by atoms with Gasteiger partial charge in [-0.3, -0.25) is 4.90 Å². The first-order valence-electron chi connectivity index (χ1n) is 10.2. The van der Waals surface area contributed by atoms with E-state index in [9.17, 15) is 15.0 Å². The number of fused-ring (bicyclic) bond motifs is 3. The third kappa shape index (κ3) is 3.33. The molecule has 4 unspecified atom stereocenters. The van der Waals surface area contributed by atoms with Gasteiger partial charge < -0.3 is 15.2 Å². The summed E-state index contributed by atoms with van der Waals surface area (Å²) in [6, 6.07) is 8.07. The first-order valence-corrected chi connectivity index (χ1v) is 10.2. The normalized spacial score (nSPS) is 27.3. The second-order valence-corrected chi connectivity index (χ2v) is 8.78. The zero-order valence-electron chi connectivity index (χ0n) is 16.0. The molecule has 5 nitrogen and oxygen atoms in total. The molecule has 1 aromatic heterocycles. The minimum atomic E-state index is -0.902. The van der Waals surface area contributed by atoms with Crippen molar-refractivity contribution in [2.45, 2.75) is 63.5 Å². The lowest BCUT2D eigenvalue weighted by Crippen LogP contribution is -2.60. The van der Waals surface area contributed by atoms with Crippen molar-refractivity contribution in [3.05, 3.63) is 36.0 Å². The fourth-order valence-corrected chi connectivity index (χ4v) is 5.60. The van der Waals surface area contributed by atoms with Crippen molar-refractivity contribution >= 4 is 17.0 Å². The molecule has 4 atom stereocenters. The van der Waals surface area contributed by atoms with Crippen LogP contribution >= 0.6 is 0 Å². The molecule has 0 aliphatic heterocycles. The van der Waals surface area contributed by atoms with E-state index < -0.39 is 11.6 Å². The Labute approximate surface area is 160 Å². The zero-order chi connectivity index (χ0) is 19.0. The molecule has 27 heavy (non-hydrogen) atoms. The van der Waals surface area contributed by atoms with Crippen LogP contribution in [-0.2, 0) is 6.42 Å². The lowest BCUT2D eigenvalue weighted by Gasteiger charge is -2.50. The maximum atomic E-state index is 12.4. The molecule has 146 valence electrons. The SMILES string of the molecule is CC(CO)(Cc1c[nH]c2ccccc12)N(C(=O)O)C1CCC2CCCC1C2. The summed E-state index contributed by atoms with van der Waals surface area (Å²) < 4.78 is 0. The molecule has 1 heterocycles. The monoisotopic (exact) mass is 370 g/mol. The number of carbonyl (C=O) groups is 1. The second kappa shape index (κ2) is 7.19. The molecular formula is C22H30N2O3. The van der Waals surface area contributed by atoms with Gasteiger partial charge in [-0.05, 0) is 62.5 Å². The fraction of sp³-hybridized carbons (Fsp3) is 0.591. The summed E-state index contributed by atoms with van der Waals surface area (Å²) in [5, 5.41) is 21.6. The maximum Gasteiger partial charge on any atom is 0.408 e. The highest BCUT2D eigenvalue weighted by Crippen LogP contribution is 2.44. The Balaban J connectivity index is 1.65. The first kappa shape index (κ1) is 18.4. The Hall–Kier alpha value is -2.01. The van der Waals surface area contributed by atoms with Crippen molar-refractivity contribution in [1.29, 1.82) is 0 Å². The van der Waals surface area contributed by atoms with Crippen LogP contribution in [0.3, 0.4) is 0 Å². The average Bonchev–Trinajstić information content (AvgIpc) is 3.07. The van der Waals surface area contributed by atoms with Gasteiger partial charge in [0, 0.05) is 23.1 Å². The summed E-state index contributed by atoms with van der Waals surface area (Å²) in [5.41, 5.74) is 1.28. The largest absolute Gasteiger partial charge is 0.465 e. The number of aromatic amines is 1. The van der Waals surface area contributed by atoms with Crippen molar-refractivity contribution in [3.63, 3.8) is 0 Å². The van der Waals surface area contributed by atoms with E-state index in [1.807, 2.05) is 31.3 Å². The van der Waals surface area contributed by atoms with Crippen LogP contribution in [0, 0.1) is 11.8 Å². The van der Waals surface area contributed by atoms with E-state index in [1.165, 1.54) is 12.8 Å². The molecule has 2 bridgehead atoms. The van der Waals surface area contributed by atoms with Crippen molar-refractivity contribution in [3.8, 4) is 0 Å². The molecule has 2 aliphatic rings. The summed E-state index contributed by atoms with van der Waals surface area (Å²) >= 11 is 0. The Morgan fingerprint density at radius 3 is 2.85 bits per heavy atom. The smallest absolute Gasteiger partial charge is 0.408 e. The summed E-state index contributed by atoms with van der Waals surface area (Å²) in [7, 11) is 0. The number of nitrogens with zero attached hydrogens (tertiary/aromatic N) is 1. The van der Waals surface area contributed by atoms with E-state index in [2.05, 4.69) is 11.1 Å². The van der Waals surface area contributed by atoms with E-state index in [0.717, 1.165) is 48.1 Å². The molecule has 0 saturated heterocycles. The minimum absolute atomic E-state index is 0.0152. The van der Waals surface area contributed by atoms with E-state index >= 15 is 0 Å². The van der Waals surface area contributed by atoms with E-state index in [-0.39, 0.29) is 12.6 Å². The molecule has 5 heteroatoms. The number of amides is 1. The number of aromatic nitrogens is 1. The van der Waals surface area contributed by atoms with Gasteiger partial charge in [-0.15, -0.1) is 0 Å². The third-order valence-electron chi connectivity index (χ3n) is 6.94. The number of hydrogen-bond acceptors (Lipinski definition) is 2. The highest BCUT2D eigenvalue weighted by atomic mass is 16.4. The summed E-state index contributed by atoms with van der Waals surface area (Å²) in [4.78, 5) is 17.2. The lowest BCUT2D eigenvalue weighted by molar-refractivity contribution is -0.0257. The van der Waals surface area contributed by atoms with Gasteiger partial charge >= 0.3 is 6.09 Å². The van der Waals surface area contributed by atoms with Crippen LogP contribution in [0.4, 0.5) is 4.79 Å². The highest BCUT2D eigenvalue weighted by molar-refractivity contribution is 5.83. The number of carboxylic acid groups (broad SMARTS) is 1. The number of H-pyrrole nitrogens is 1. The predicted octanol–water partition coefficient (Wildman–Crippen LogP) is 4.41. The van der Waals surface area contributed by atoms with Gasteiger partial charge in [-0.1, -0.05) is 31.0 Å². The quantitative estimate of drug-likeness (QED) is 0.729. The number of hydrogen-bond donors (Lipinski definition) is 3. The molecule has 2 fully saturated rings. The molecule has 0 spiro atoms. The van der Waals surface area contributed by atoms with E-state index in [0.29, 0.717) is 12.3 Å². The molecule has 2 aliphatic carbocycles. The molecule has 4 rings (SSSR count). The van der Waals surface area contributed by atoms with Crippen molar-refractivity contribution < 1.29 is 15.0 Å². The van der Waals surface area contributed by atoms with E-state index in [1.54, 1.807) is 4.90 Å². The van der Waals surface area contributed by atoms with Crippen LogP contribution in [0.15, 0.2) is 30.5 Å². The number of aliphatic hydroxyl groups excluding tert-OH is 1. The first-order chi connectivity index (χ1) is 13.0. The molecule has 1 aromatic carbocycles. The lowest BCUT2D eigenvalue weighted by atomic mass is 9.68. The van der Waals surface area contributed by atoms with E-state index in [4.69, 9.17) is 0 Å². The zero-order valence-corrected chi connectivity index (χ0v) is 16.0. The molecular weight excluding hydrogens is 340 g/mol. The number of aliphatic hydroxyl groups is 1. The molecule has 2 saturated carbocycles. The van der Waals surface area contributed by atoms with Gasteiger partial charge in [-0.25, -0.2) is 4.79 Å². The van der Waals surface area contributed by atoms with Crippen LogP contribution < -0.4 is 0 Å². The Kier molecular flexibility index (Phi) is 4.89. The maximum absolute atomic E-state index is 12.4. The fourth-order valence-electron chi connectivity index (χ4n) is 5.60. The van der Waals surface area contributed by atoms with Crippen LogP contribution in [0.2, 0.25) is 0 Å². The summed E-state index contributed by atoms with van der Waals surface area (Å²) in [6.45, 7) is 1.73. The average molecular weight is 370 g/mol. The van der Waals surface area contributed by atoms with Gasteiger partial charge in [0.05, 0.1) is 12.1 Å². The Bertz CT molecular complexity index is 817. The molecule has 2 aromatic rings. The van der Waals surface area contributed by atoms with Gasteiger partial charge in [0.2, 0.25) is 0 Å². The van der Waals surface area contributed by atoms with Crippen molar-refractivity contribution in [1.82, 2.24) is 9.88 Å². The predicted molar refractivity (Wildman–Crippen MR) is 106 cm³/mol. The van der Waals surface area contributed by atoms with Crippen molar-refractivity contribution in [2.24, 2.45) is 11.8 Å². The summed E-state index contributed by atoms with van der Waals surface area (Å²) in [5.74, 6) is 1.20. The number of rotatable bonds is 5. The number of nitrogens with one attached hydrogen (secondary N) is 1. The number of para-hydroxylation sites is 1. The Morgan fingerprint density at radius 2 is 2.07 bits per heavy atom. The second-order valence-electron chi connectivity index (χ2n) is 8.78. The molecule has 0 radical (unpaired) electrons.